The van der Waals surface area contributed by atoms with Crippen LogP contribution in [0.4, 0.5) is 18.9 Å². The summed E-state index contributed by atoms with van der Waals surface area (Å²) >= 11 is 0. The molecule has 40 heavy (non-hydrogen) atoms. The summed E-state index contributed by atoms with van der Waals surface area (Å²) in [6, 6.07) is 8.35. The van der Waals surface area contributed by atoms with Crippen molar-refractivity contribution in [3.8, 4) is 11.8 Å². The van der Waals surface area contributed by atoms with E-state index in [1.807, 2.05) is 32.0 Å². The van der Waals surface area contributed by atoms with E-state index >= 15 is 0 Å². The number of anilines is 1. The fraction of sp³-hybridized carbons (Fsp3) is 0.576. The molecule has 2 fully saturated rings. The average molecular weight is 554 g/mol. The third-order valence-corrected chi connectivity index (χ3v) is 10.3. The third kappa shape index (κ3) is 4.62. The van der Waals surface area contributed by atoms with Crippen LogP contribution in [0.3, 0.4) is 0 Å². The molecule has 0 N–H and O–H groups in total. The fourth-order valence-electron chi connectivity index (χ4n) is 8.45. The number of hydrogen-bond acceptors (Lipinski definition) is 4. The number of halogens is 3. The summed E-state index contributed by atoms with van der Waals surface area (Å²) in [6.45, 7) is 3.89. The molecule has 4 nitrogen and oxygen atoms in total. The van der Waals surface area contributed by atoms with Crippen LogP contribution in [0.25, 0.3) is 0 Å². The maximum absolute atomic E-state index is 13.7. The molecule has 1 aromatic carbocycles. The minimum Gasteiger partial charge on any atom is -0.378 e. The van der Waals surface area contributed by atoms with Crippen LogP contribution in [0.15, 0.2) is 47.1 Å². The Hall–Kier alpha value is -2.85. The van der Waals surface area contributed by atoms with E-state index in [9.17, 15) is 22.8 Å². The van der Waals surface area contributed by atoms with Crippen molar-refractivity contribution in [3.63, 3.8) is 0 Å². The number of fused-ring (bicyclic) bond motifs is 4. The number of nitrogens with zero attached hydrogens (tertiary/aromatic N) is 1. The Balaban J connectivity index is 1.72. The van der Waals surface area contributed by atoms with Gasteiger partial charge in [0.15, 0.2) is 11.6 Å². The number of alkyl halides is 3. The van der Waals surface area contributed by atoms with E-state index in [-0.39, 0.29) is 41.8 Å². The standard InChI is InChI=1S/C33H38F3NO3/c1-20-16-26-28-12-13-32(29(39)19-40-5,14-15-33(34,35)36)31(28,2)18-27(21-6-8-22(9-7-21)37(3)4)30(26)24-11-10-23(38)17-25(20)24/h6-9,17,20,26-28H,10-13,16,18-19H2,1-5H3/t20?,26-,27+,28-,31-,32+/m0/s1. The van der Waals surface area contributed by atoms with Crippen LogP contribution in [0.5, 0.6) is 0 Å². The van der Waals surface area contributed by atoms with Crippen molar-refractivity contribution in [1.82, 2.24) is 0 Å². The lowest BCUT2D eigenvalue weighted by Gasteiger charge is -2.55. The third-order valence-electron chi connectivity index (χ3n) is 10.3. The molecule has 7 heteroatoms. The van der Waals surface area contributed by atoms with Crippen LogP contribution in [0.1, 0.15) is 63.9 Å². The van der Waals surface area contributed by atoms with Crippen LogP contribution >= 0.6 is 0 Å². The summed E-state index contributed by atoms with van der Waals surface area (Å²) in [6.07, 6.45) is 0.560. The number of hydrogen-bond donors (Lipinski definition) is 0. The Kier molecular flexibility index (Phi) is 7.32. The maximum Gasteiger partial charge on any atom is 0.457 e. The highest BCUT2D eigenvalue weighted by Gasteiger charge is 2.66. The smallest absolute Gasteiger partial charge is 0.378 e. The van der Waals surface area contributed by atoms with E-state index in [0.717, 1.165) is 23.2 Å². The lowest BCUT2D eigenvalue weighted by Crippen LogP contribution is -2.52. The van der Waals surface area contributed by atoms with E-state index in [2.05, 4.69) is 37.1 Å². The highest BCUT2D eigenvalue weighted by Crippen LogP contribution is 2.70. The van der Waals surface area contributed by atoms with E-state index in [4.69, 9.17) is 4.74 Å². The van der Waals surface area contributed by atoms with Gasteiger partial charge in [-0.15, -0.1) is 0 Å². The molecule has 4 aliphatic rings. The predicted molar refractivity (Wildman–Crippen MR) is 149 cm³/mol. The Morgan fingerprint density at radius 3 is 2.50 bits per heavy atom. The quantitative estimate of drug-likeness (QED) is 0.383. The van der Waals surface area contributed by atoms with Gasteiger partial charge in [0, 0.05) is 45.2 Å². The second kappa shape index (κ2) is 10.2. The number of carbonyl (C=O) groups is 2. The first-order valence-corrected chi connectivity index (χ1v) is 14.2. The summed E-state index contributed by atoms with van der Waals surface area (Å²) in [5.41, 5.74) is 3.64. The van der Waals surface area contributed by atoms with Crippen LogP contribution in [0.2, 0.25) is 0 Å². The number of ketones is 2. The van der Waals surface area contributed by atoms with Crippen LogP contribution in [-0.4, -0.2) is 45.6 Å². The first-order chi connectivity index (χ1) is 18.8. The zero-order valence-corrected chi connectivity index (χ0v) is 24.0. The van der Waals surface area contributed by atoms with Gasteiger partial charge in [-0.3, -0.25) is 9.59 Å². The van der Waals surface area contributed by atoms with Gasteiger partial charge in [0.2, 0.25) is 0 Å². The van der Waals surface area contributed by atoms with Gasteiger partial charge in [-0.05, 0) is 90.2 Å². The maximum atomic E-state index is 13.7. The summed E-state index contributed by atoms with van der Waals surface area (Å²) in [5, 5.41) is 0. The summed E-state index contributed by atoms with van der Waals surface area (Å²) in [4.78, 5) is 28.2. The van der Waals surface area contributed by atoms with Crippen LogP contribution in [-0.2, 0) is 14.3 Å². The zero-order chi connectivity index (χ0) is 29.0. The molecule has 0 saturated heterocycles. The van der Waals surface area contributed by atoms with Gasteiger partial charge in [0.1, 0.15) is 6.61 Å². The summed E-state index contributed by atoms with van der Waals surface area (Å²) in [5.74, 6) is 4.06. The van der Waals surface area contributed by atoms with Gasteiger partial charge in [0.05, 0.1) is 5.41 Å². The normalized spacial score (nSPS) is 33.3. The number of carbonyl (C=O) groups excluding carboxylic acids is 2. The van der Waals surface area contributed by atoms with Gasteiger partial charge in [-0.2, -0.15) is 13.2 Å². The van der Waals surface area contributed by atoms with Gasteiger partial charge in [-0.25, -0.2) is 0 Å². The van der Waals surface area contributed by atoms with Gasteiger partial charge in [0.25, 0.3) is 0 Å². The number of benzene rings is 1. The molecule has 2 saturated carbocycles. The van der Waals surface area contributed by atoms with Gasteiger partial charge >= 0.3 is 6.18 Å². The molecule has 0 aromatic heterocycles. The SMILES string of the molecule is COCC(=O)[C@]1(C#CC(F)(F)F)CC[C@H]2[C@@H]3CC(C)C4=CC(=O)CCC4=C3[C@@H](c3ccc(N(C)C)cc3)C[C@@]21C. The number of methoxy groups -OCH3 is 1. The lowest BCUT2D eigenvalue weighted by atomic mass is 9.47. The molecule has 0 aliphatic heterocycles. The fourth-order valence-corrected chi connectivity index (χ4v) is 8.45. The second-order valence-corrected chi connectivity index (χ2v) is 12.6. The van der Waals surface area contributed by atoms with Crippen molar-refractivity contribution in [2.45, 2.75) is 64.5 Å². The van der Waals surface area contributed by atoms with Crippen molar-refractivity contribution in [2.24, 2.45) is 28.6 Å². The molecular formula is C33H38F3NO3. The minimum atomic E-state index is -4.69. The second-order valence-electron chi connectivity index (χ2n) is 12.6. The molecule has 0 radical (unpaired) electrons. The number of Topliss-reactive ketones (excluding diaryl/α,β-unsaturated/α-hetero) is 1. The van der Waals surface area contributed by atoms with E-state index < -0.39 is 17.0 Å². The number of allylic oxidation sites excluding steroid dienone is 4. The molecule has 1 unspecified atom stereocenters. The Labute approximate surface area is 235 Å². The molecule has 6 atom stereocenters. The summed E-state index contributed by atoms with van der Waals surface area (Å²) in [7, 11) is 5.36. The molecule has 1 aromatic rings. The molecule has 214 valence electrons. The Morgan fingerprint density at radius 2 is 1.88 bits per heavy atom. The number of ether oxygens (including phenoxy) is 1. The summed E-state index contributed by atoms with van der Waals surface area (Å²) < 4.78 is 45.7. The van der Waals surface area contributed by atoms with Crippen molar-refractivity contribution in [3.05, 3.63) is 52.6 Å². The molecule has 4 aliphatic carbocycles. The molecule has 5 rings (SSSR count). The predicted octanol–water partition coefficient (Wildman–Crippen LogP) is 6.67. The molecular weight excluding hydrogens is 515 g/mol. The van der Waals surface area contributed by atoms with Crippen LogP contribution < -0.4 is 4.90 Å². The average Bonchev–Trinajstić information content (AvgIpc) is 3.20. The largest absolute Gasteiger partial charge is 0.457 e. The first kappa shape index (κ1) is 28.7. The zero-order valence-electron chi connectivity index (χ0n) is 24.0. The highest BCUT2D eigenvalue weighted by atomic mass is 19.4. The minimum absolute atomic E-state index is 0.0114. The van der Waals surface area contributed by atoms with E-state index in [1.165, 1.54) is 24.2 Å². The van der Waals surface area contributed by atoms with Crippen LogP contribution in [0, 0.1) is 40.4 Å². The van der Waals surface area contributed by atoms with Crippen molar-refractivity contribution >= 4 is 17.3 Å². The van der Waals surface area contributed by atoms with Crippen molar-refractivity contribution < 1.29 is 27.5 Å². The first-order valence-electron chi connectivity index (χ1n) is 14.2. The van der Waals surface area contributed by atoms with Crippen molar-refractivity contribution in [2.75, 3.05) is 32.7 Å². The number of rotatable bonds is 5. The van der Waals surface area contributed by atoms with Gasteiger partial charge in [-0.1, -0.05) is 37.5 Å². The van der Waals surface area contributed by atoms with E-state index in [0.29, 0.717) is 32.1 Å². The Morgan fingerprint density at radius 1 is 1.18 bits per heavy atom. The topological polar surface area (TPSA) is 46.6 Å². The highest BCUT2D eigenvalue weighted by molar-refractivity contribution is 5.93. The molecule has 0 bridgehead atoms. The molecule has 0 amide bonds. The van der Waals surface area contributed by atoms with Crippen molar-refractivity contribution in [1.29, 1.82) is 0 Å². The Bertz CT molecular complexity index is 1330. The lowest BCUT2D eigenvalue weighted by molar-refractivity contribution is -0.137. The van der Waals surface area contributed by atoms with E-state index in [1.54, 1.807) is 0 Å². The van der Waals surface area contributed by atoms with Gasteiger partial charge < -0.3 is 9.64 Å². The monoisotopic (exact) mass is 553 g/mol. The molecule has 0 spiro atoms. The molecule has 0 heterocycles.